The number of aromatic nitrogens is 3. The molecule has 3 aromatic rings. The quantitative estimate of drug-likeness (QED) is 0.445. The molecule has 13 heteroatoms. The first kappa shape index (κ1) is 24.2. The van der Waals surface area contributed by atoms with Crippen molar-refractivity contribution in [2.24, 2.45) is 0 Å². The molecule has 0 aliphatic carbocycles. The van der Waals surface area contributed by atoms with Gasteiger partial charge in [0.1, 0.15) is 28.2 Å². The number of anilines is 4. The third kappa shape index (κ3) is 5.76. The summed E-state index contributed by atoms with van der Waals surface area (Å²) in [7, 11) is 0. The first-order chi connectivity index (χ1) is 16.3. The van der Waals surface area contributed by atoms with Crippen LogP contribution in [0.15, 0.2) is 24.4 Å². The molecule has 1 fully saturated rings. The minimum absolute atomic E-state index is 0.139. The Balaban J connectivity index is 1.43. The second-order valence-electron chi connectivity index (χ2n) is 7.56. The fraction of sp³-hybridized carbons (Fsp3) is 0.333. The van der Waals surface area contributed by atoms with E-state index in [9.17, 15) is 13.6 Å². The predicted octanol–water partition coefficient (Wildman–Crippen LogP) is 3.28. The number of carbonyl (C=O) groups is 1. The molecule has 9 nitrogen and oxygen atoms in total. The minimum Gasteiger partial charge on any atom is -0.395 e. The number of nitrogens with zero attached hydrogens (tertiary/aromatic N) is 5. The summed E-state index contributed by atoms with van der Waals surface area (Å²) >= 11 is 6.89. The number of carbonyl (C=O) groups excluding carboxylic acids is 1. The molecular formula is C21H22ClF2N7O2S. The van der Waals surface area contributed by atoms with E-state index in [1.807, 2.05) is 6.07 Å². The van der Waals surface area contributed by atoms with Crippen molar-refractivity contribution < 1.29 is 18.7 Å². The van der Waals surface area contributed by atoms with E-state index in [-0.39, 0.29) is 22.2 Å². The number of thiazole rings is 1. The molecule has 0 bridgehead atoms. The number of β-amino-alcohol motifs (C(OH)–C–C–N with tert-alkyl or cyclic N) is 1. The molecule has 1 aliphatic heterocycles. The highest BCUT2D eigenvalue weighted by Gasteiger charge is 2.20. The Morgan fingerprint density at radius 3 is 2.68 bits per heavy atom. The van der Waals surface area contributed by atoms with Crippen LogP contribution in [0.5, 0.6) is 0 Å². The van der Waals surface area contributed by atoms with Crippen LogP contribution in [0.25, 0.3) is 0 Å². The lowest BCUT2D eigenvalue weighted by molar-refractivity contribution is 0.102. The third-order valence-corrected chi connectivity index (χ3v) is 6.36. The zero-order valence-electron chi connectivity index (χ0n) is 18.2. The Bertz CT molecular complexity index is 1160. The summed E-state index contributed by atoms with van der Waals surface area (Å²) in [6.45, 7) is 5.80. The van der Waals surface area contributed by atoms with E-state index in [1.165, 1.54) is 6.20 Å². The lowest BCUT2D eigenvalue weighted by Crippen LogP contribution is -2.47. The van der Waals surface area contributed by atoms with E-state index in [0.717, 1.165) is 49.4 Å². The molecule has 2 aromatic heterocycles. The largest absolute Gasteiger partial charge is 0.395 e. The van der Waals surface area contributed by atoms with Gasteiger partial charge < -0.3 is 20.6 Å². The molecule has 1 amide bonds. The molecule has 1 aromatic carbocycles. The average molecular weight is 510 g/mol. The second kappa shape index (κ2) is 10.6. The number of aliphatic hydroxyl groups is 1. The number of amides is 1. The van der Waals surface area contributed by atoms with E-state index in [1.54, 1.807) is 6.92 Å². The van der Waals surface area contributed by atoms with E-state index in [0.29, 0.717) is 29.4 Å². The summed E-state index contributed by atoms with van der Waals surface area (Å²) in [6, 6.07) is 3.37. The molecule has 3 heterocycles. The first-order valence-electron chi connectivity index (χ1n) is 10.4. The fourth-order valence-corrected chi connectivity index (χ4v) is 4.46. The normalized spacial score (nSPS) is 14.3. The lowest BCUT2D eigenvalue weighted by Gasteiger charge is -2.35. The molecule has 0 atom stereocenters. The van der Waals surface area contributed by atoms with Gasteiger partial charge >= 0.3 is 0 Å². The van der Waals surface area contributed by atoms with Gasteiger partial charge in [-0.25, -0.2) is 23.7 Å². The molecule has 180 valence electrons. The fourth-order valence-electron chi connectivity index (χ4n) is 3.50. The van der Waals surface area contributed by atoms with Gasteiger partial charge in [0.05, 0.1) is 23.5 Å². The molecular weight excluding hydrogens is 488 g/mol. The van der Waals surface area contributed by atoms with Crippen LogP contribution in [0.3, 0.4) is 0 Å². The molecule has 0 radical (unpaired) electrons. The van der Waals surface area contributed by atoms with E-state index < -0.39 is 17.5 Å². The number of hydrogen-bond donors (Lipinski definition) is 3. The summed E-state index contributed by atoms with van der Waals surface area (Å²) in [5.41, 5.74) is -0.300. The molecule has 0 unspecified atom stereocenters. The van der Waals surface area contributed by atoms with Gasteiger partial charge in [-0.3, -0.25) is 9.69 Å². The van der Waals surface area contributed by atoms with Gasteiger partial charge in [-0.15, -0.1) is 0 Å². The predicted molar refractivity (Wildman–Crippen MR) is 127 cm³/mol. The van der Waals surface area contributed by atoms with Crippen molar-refractivity contribution in [3.05, 3.63) is 51.8 Å². The maximum absolute atomic E-state index is 14.0. The number of benzene rings is 1. The molecule has 4 rings (SSSR count). The van der Waals surface area contributed by atoms with E-state index in [4.69, 9.17) is 16.7 Å². The van der Waals surface area contributed by atoms with Gasteiger partial charge in [-0.2, -0.15) is 0 Å². The van der Waals surface area contributed by atoms with Crippen LogP contribution in [0.4, 0.5) is 31.2 Å². The second-order valence-corrected chi connectivity index (χ2v) is 9.00. The van der Waals surface area contributed by atoms with Gasteiger partial charge in [0.25, 0.3) is 5.91 Å². The summed E-state index contributed by atoms with van der Waals surface area (Å²) in [5, 5.41) is 14.7. The molecule has 0 saturated carbocycles. The molecule has 1 saturated heterocycles. The Kier molecular flexibility index (Phi) is 7.51. The Labute approximate surface area is 203 Å². The van der Waals surface area contributed by atoms with Crippen LogP contribution in [-0.4, -0.2) is 70.2 Å². The number of halogens is 3. The monoisotopic (exact) mass is 509 g/mol. The van der Waals surface area contributed by atoms with Crippen LogP contribution in [0.2, 0.25) is 5.02 Å². The van der Waals surface area contributed by atoms with Crippen LogP contribution >= 0.6 is 22.9 Å². The standard InChI is InChI=1S/C21H22ClF2N7O2S/c1-12-26-17(10-18(27-12)31-4-2-30(3-5-31)6-7-32)28-21-25-11-16(34-21)20(33)29-19-14(22)8-13(23)9-15(19)24/h8-11,32H,2-7H2,1H3,(H,29,33)(H,25,26,27,28). The van der Waals surface area contributed by atoms with Crippen LogP contribution in [-0.2, 0) is 0 Å². The third-order valence-electron chi connectivity index (χ3n) is 5.15. The molecule has 34 heavy (non-hydrogen) atoms. The topological polar surface area (TPSA) is 107 Å². The highest BCUT2D eigenvalue weighted by atomic mass is 35.5. The molecule has 0 spiro atoms. The first-order valence-corrected chi connectivity index (χ1v) is 11.6. The summed E-state index contributed by atoms with van der Waals surface area (Å²) in [5.74, 6) is -0.561. The lowest BCUT2D eigenvalue weighted by atomic mass is 10.3. The Morgan fingerprint density at radius 2 is 1.97 bits per heavy atom. The maximum Gasteiger partial charge on any atom is 0.267 e. The van der Waals surface area contributed by atoms with Gasteiger partial charge in [0.2, 0.25) is 0 Å². The summed E-state index contributed by atoms with van der Waals surface area (Å²) < 4.78 is 27.2. The van der Waals surface area contributed by atoms with Gasteiger partial charge in [0, 0.05) is 44.9 Å². The number of hydrogen-bond acceptors (Lipinski definition) is 9. The molecule has 1 aliphatic rings. The van der Waals surface area contributed by atoms with Crippen LogP contribution in [0, 0.1) is 18.6 Å². The van der Waals surface area contributed by atoms with Crippen molar-refractivity contribution in [1.82, 2.24) is 19.9 Å². The number of aryl methyl sites for hydroxylation is 1. The average Bonchev–Trinajstić information content (AvgIpc) is 3.25. The number of aliphatic hydroxyl groups excluding tert-OH is 1. The zero-order chi connectivity index (χ0) is 24.2. The Morgan fingerprint density at radius 1 is 1.21 bits per heavy atom. The van der Waals surface area contributed by atoms with Crippen molar-refractivity contribution in [1.29, 1.82) is 0 Å². The van der Waals surface area contributed by atoms with Gasteiger partial charge in [0.15, 0.2) is 10.9 Å². The van der Waals surface area contributed by atoms with Crippen molar-refractivity contribution >= 4 is 51.3 Å². The maximum atomic E-state index is 14.0. The molecule has 3 N–H and O–H groups in total. The van der Waals surface area contributed by atoms with Crippen LogP contribution < -0.4 is 15.5 Å². The van der Waals surface area contributed by atoms with Crippen LogP contribution in [0.1, 0.15) is 15.5 Å². The summed E-state index contributed by atoms with van der Waals surface area (Å²) in [4.78, 5) is 30.2. The summed E-state index contributed by atoms with van der Waals surface area (Å²) in [6.07, 6.45) is 1.34. The van der Waals surface area contributed by atoms with Crippen molar-refractivity contribution in [2.45, 2.75) is 6.92 Å². The number of piperazine rings is 1. The minimum atomic E-state index is -0.970. The highest BCUT2D eigenvalue weighted by molar-refractivity contribution is 7.17. The smallest absolute Gasteiger partial charge is 0.267 e. The van der Waals surface area contributed by atoms with Gasteiger partial charge in [-0.05, 0) is 13.0 Å². The highest BCUT2D eigenvalue weighted by Crippen LogP contribution is 2.29. The zero-order valence-corrected chi connectivity index (χ0v) is 19.8. The van der Waals surface area contributed by atoms with Crippen molar-refractivity contribution in [2.75, 3.05) is 54.9 Å². The van der Waals surface area contributed by atoms with E-state index >= 15 is 0 Å². The van der Waals surface area contributed by atoms with Crippen molar-refractivity contribution in [3.8, 4) is 0 Å². The van der Waals surface area contributed by atoms with Gasteiger partial charge in [-0.1, -0.05) is 22.9 Å². The number of rotatable bonds is 7. The number of nitrogens with one attached hydrogen (secondary N) is 2. The Hall–Kier alpha value is -2.93. The van der Waals surface area contributed by atoms with E-state index in [2.05, 4.69) is 35.4 Å². The van der Waals surface area contributed by atoms with Crippen molar-refractivity contribution in [3.63, 3.8) is 0 Å². The SMILES string of the molecule is Cc1nc(Nc2ncc(C(=O)Nc3c(F)cc(F)cc3Cl)s2)cc(N2CCN(CCO)CC2)n1.